The Morgan fingerprint density at radius 2 is 2.14 bits per heavy atom. The average Bonchev–Trinajstić information content (AvgIpc) is 2.82. The molecule has 0 unspecified atom stereocenters. The Labute approximate surface area is 133 Å². The second kappa shape index (κ2) is 5.58. The Morgan fingerprint density at radius 1 is 1.36 bits per heavy atom. The molecule has 2 aromatic rings. The van der Waals surface area contributed by atoms with E-state index in [1.807, 2.05) is 6.92 Å². The Kier molecular flexibility index (Phi) is 3.90. The molecule has 8 heteroatoms. The maximum atomic E-state index is 12.8. The van der Waals surface area contributed by atoms with Gasteiger partial charge in [-0.25, -0.2) is 4.98 Å². The molecule has 22 heavy (non-hydrogen) atoms. The highest BCUT2D eigenvalue weighted by molar-refractivity contribution is 8.02. The van der Waals surface area contributed by atoms with E-state index in [-0.39, 0.29) is 18.2 Å². The second-order valence-corrected chi connectivity index (χ2v) is 7.26. The Bertz CT molecular complexity index is 727. The first-order valence-corrected chi connectivity index (χ1v) is 8.21. The first-order valence-electron chi connectivity index (χ1n) is 6.41. The number of halogens is 3. The fourth-order valence-corrected chi connectivity index (χ4v) is 4.29. The summed E-state index contributed by atoms with van der Waals surface area (Å²) in [5.41, 5.74) is -0.273. The Hall–Kier alpha value is -1.54. The van der Waals surface area contributed by atoms with E-state index in [2.05, 4.69) is 4.98 Å². The lowest BCUT2D eigenvalue weighted by molar-refractivity contribution is -0.137. The minimum atomic E-state index is -4.39. The van der Waals surface area contributed by atoms with Crippen LogP contribution >= 0.6 is 23.1 Å². The number of thioether (sulfide) groups is 1. The normalized spacial score (nSPS) is 15.1. The van der Waals surface area contributed by atoms with Gasteiger partial charge in [0.1, 0.15) is 4.21 Å². The van der Waals surface area contributed by atoms with E-state index in [9.17, 15) is 18.0 Å². The standard InChI is InChI=1S/C14H11F3N2OS2/c1-8-18-12-13(22-8)21-7-11(20)19(12)6-9-3-2-4-10(5-9)14(15,16)17/h2-5H,6-7H2,1H3. The van der Waals surface area contributed by atoms with Crippen LogP contribution in [0.4, 0.5) is 19.0 Å². The number of hydrogen-bond acceptors (Lipinski definition) is 4. The zero-order chi connectivity index (χ0) is 15.9. The Morgan fingerprint density at radius 3 is 2.86 bits per heavy atom. The van der Waals surface area contributed by atoms with Crippen LogP contribution in [0.5, 0.6) is 0 Å². The first-order chi connectivity index (χ1) is 10.3. The zero-order valence-electron chi connectivity index (χ0n) is 11.5. The van der Waals surface area contributed by atoms with Crippen molar-refractivity contribution >= 4 is 34.8 Å². The van der Waals surface area contributed by atoms with E-state index in [1.54, 1.807) is 6.07 Å². The molecule has 1 aromatic carbocycles. The third-order valence-corrected chi connectivity index (χ3v) is 5.36. The summed E-state index contributed by atoms with van der Waals surface area (Å²) in [6.45, 7) is 1.94. The lowest BCUT2D eigenvalue weighted by Crippen LogP contribution is -2.34. The van der Waals surface area contributed by atoms with E-state index >= 15 is 0 Å². The number of fused-ring (bicyclic) bond motifs is 1. The molecule has 1 aromatic heterocycles. The highest BCUT2D eigenvalue weighted by Crippen LogP contribution is 2.40. The summed E-state index contributed by atoms with van der Waals surface area (Å²) >= 11 is 2.92. The fraction of sp³-hybridized carbons (Fsp3) is 0.286. The molecule has 0 radical (unpaired) electrons. The van der Waals surface area contributed by atoms with E-state index in [0.717, 1.165) is 21.3 Å². The summed E-state index contributed by atoms with van der Waals surface area (Å²) in [6.07, 6.45) is -4.39. The molecule has 1 amide bonds. The molecular weight excluding hydrogens is 333 g/mol. The van der Waals surface area contributed by atoms with Gasteiger partial charge in [0.25, 0.3) is 0 Å². The smallest absolute Gasteiger partial charge is 0.290 e. The van der Waals surface area contributed by atoms with E-state index < -0.39 is 11.7 Å². The average molecular weight is 344 g/mol. The van der Waals surface area contributed by atoms with Gasteiger partial charge in [-0.05, 0) is 24.6 Å². The number of benzene rings is 1. The molecule has 0 saturated carbocycles. The number of carbonyl (C=O) groups excluding carboxylic acids is 1. The maximum absolute atomic E-state index is 12.8. The van der Waals surface area contributed by atoms with E-state index in [4.69, 9.17) is 0 Å². The lowest BCUT2D eigenvalue weighted by Gasteiger charge is -2.25. The van der Waals surface area contributed by atoms with Crippen molar-refractivity contribution in [2.45, 2.75) is 23.9 Å². The second-order valence-electron chi connectivity index (χ2n) is 4.81. The molecule has 0 spiro atoms. The number of carbonyl (C=O) groups is 1. The highest BCUT2D eigenvalue weighted by atomic mass is 32.2. The molecule has 2 heterocycles. The molecule has 0 fully saturated rings. The van der Waals surface area contributed by atoms with Crippen molar-refractivity contribution in [3.63, 3.8) is 0 Å². The van der Waals surface area contributed by atoms with E-state index in [0.29, 0.717) is 11.4 Å². The number of aromatic nitrogens is 1. The van der Waals surface area contributed by atoms with E-state index in [1.165, 1.54) is 34.1 Å². The van der Waals surface area contributed by atoms with Crippen LogP contribution in [0.3, 0.4) is 0 Å². The Balaban J connectivity index is 1.91. The number of amides is 1. The van der Waals surface area contributed by atoms with Gasteiger partial charge in [0, 0.05) is 0 Å². The predicted octanol–water partition coefficient (Wildman–Crippen LogP) is 4.11. The molecule has 0 aliphatic carbocycles. The van der Waals surface area contributed by atoms with Crippen LogP contribution in [0.1, 0.15) is 16.1 Å². The third-order valence-electron chi connectivity index (χ3n) is 3.16. The molecule has 116 valence electrons. The van der Waals surface area contributed by atoms with Gasteiger partial charge in [0.15, 0.2) is 5.82 Å². The summed E-state index contributed by atoms with van der Waals surface area (Å²) in [4.78, 5) is 17.9. The largest absolute Gasteiger partial charge is 0.416 e. The number of aryl methyl sites for hydroxylation is 1. The fourth-order valence-electron chi connectivity index (χ4n) is 2.18. The molecular formula is C14H11F3N2OS2. The van der Waals surface area contributed by atoms with Gasteiger partial charge >= 0.3 is 6.18 Å². The molecule has 0 atom stereocenters. The van der Waals surface area contributed by atoms with Gasteiger partial charge in [0.05, 0.1) is 22.9 Å². The van der Waals surface area contributed by atoms with Crippen LogP contribution in [0, 0.1) is 6.92 Å². The predicted molar refractivity (Wildman–Crippen MR) is 80.2 cm³/mol. The quantitative estimate of drug-likeness (QED) is 0.822. The van der Waals surface area contributed by atoms with Crippen LogP contribution in [-0.2, 0) is 17.5 Å². The number of alkyl halides is 3. The summed E-state index contributed by atoms with van der Waals surface area (Å²) in [5, 5.41) is 0.834. The first kappa shape index (κ1) is 15.4. The minimum Gasteiger partial charge on any atom is -0.290 e. The zero-order valence-corrected chi connectivity index (χ0v) is 13.1. The van der Waals surface area contributed by atoms with Crippen molar-refractivity contribution in [3.05, 3.63) is 40.4 Å². The van der Waals surface area contributed by atoms with Crippen LogP contribution in [0.15, 0.2) is 28.5 Å². The number of hydrogen-bond donors (Lipinski definition) is 0. The van der Waals surface area contributed by atoms with Crippen molar-refractivity contribution < 1.29 is 18.0 Å². The molecule has 0 saturated heterocycles. The van der Waals surface area contributed by atoms with Gasteiger partial charge in [-0.3, -0.25) is 9.69 Å². The molecule has 3 rings (SSSR count). The SMILES string of the molecule is Cc1nc2c(s1)SCC(=O)N2Cc1cccc(C(F)(F)F)c1. The van der Waals surface area contributed by atoms with Crippen molar-refractivity contribution in [1.82, 2.24) is 4.98 Å². The van der Waals surface area contributed by atoms with Gasteiger partial charge in [0.2, 0.25) is 5.91 Å². The molecule has 3 nitrogen and oxygen atoms in total. The molecule has 0 N–H and O–H groups in total. The summed E-state index contributed by atoms with van der Waals surface area (Å²) in [5.74, 6) is 0.703. The third kappa shape index (κ3) is 2.98. The monoisotopic (exact) mass is 344 g/mol. The van der Waals surface area contributed by atoms with Crippen LogP contribution in [0.25, 0.3) is 0 Å². The van der Waals surface area contributed by atoms with Crippen LogP contribution in [0.2, 0.25) is 0 Å². The summed E-state index contributed by atoms with van der Waals surface area (Å²) < 4.78 is 39.2. The molecule has 1 aliphatic rings. The lowest BCUT2D eigenvalue weighted by atomic mass is 10.1. The number of nitrogens with zero attached hydrogens (tertiary/aromatic N) is 2. The summed E-state index contributed by atoms with van der Waals surface area (Å²) in [7, 11) is 0. The summed E-state index contributed by atoms with van der Waals surface area (Å²) in [6, 6.07) is 5.04. The van der Waals surface area contributed by atoms with Crippen molar-refractivity contribution in [1.29, 1.82) is 0 Å². The van der Waals surface area contributed by atoms with Gasteiger partial charge in [-0.1, -0.05) is 12.1 Å². The van der Waals surface area contributed by atoms with Crippen molar-refractivity contribution in [3.8, 4) is 0 Å². The van der Waals surface area contributed by atoms with Gasteiger partial charge < -0.3 is 0 Å². The van der Waals surface area contributed by atoms with Crippen LogP contribution < -0.4 is 4.90 Å². The van der Waals surface area contributed by atoms with Crippen LogP contribution in [-0.4, -0.2) is 16.6 Å². The highest BCUT2D eigenvalue weighted by Gasteiger charge is 2.32. The molecule has 1 aliphatic heterocycles. The minimum absolute atomic E-state index is 0.0967. The topological polar surface area (TPSA) is 33.2 Å². The number of thiazole rings is 1. The van der Waals surface area contributed by atoms with Gasteiger partial charge in [-0.2, -0.15) is 13.2 Å². The molecule has 0 bridgehead atoms. The van der Waals surface area contributed by atoms with Crippen molar-refractivity contribution in [2.24, 2.45) is 0 Å². The maximum Gasteiger partial charge on any atom is 0.416 e. The van der Waals surface area contributed by atoms with Gasteiger partial charge in [-0.15, -0.1) is 23.1 Å². The number of anilines is 1. The number of rotatable bonds is 2. The van der Waals surface area contributed by atoms with Crippen molar-refractivity contribution in [2.75, 3.05) is 10.7 Å².